The van der Waals surface area contributed by atoms with Crippen molar-refractivity contribution >= 4 is 28.5 Å². The van der Waals surface area contributed by atoms with Gasteiger partial charge >= 0.3 is 0 Å². The summed E-state index contributed by atoms with van der Waals surface area (Å²) in [5.74, 6) is 4.45. The van der Waals surface area contributed by atoms with E-state index in [1.807, 2.05) is 5.43 Å². The number of nitrogen functional groups attached to an aromatic ring is 1. The summed E-state index contributed by atoms with van der Waals surface area (Å²) in [5, 5.41) is 9.50. The first kappa shape index (κ1) is 10.3. The average molecular weight is 290 g/mol. The van der Waals surface area contributed by atoms with Crippen molar-refractivity contribution in [1.29, 1.82) is 0 Å². The molecule has 0 aliphatic heterocycles. The van der Waals surface area contributed by atoms with Gasteiger partial charge in [0, 0.05) is 3.57 Å². The molecule has 0 saturated carbocycles. The zero-order valence-electron chi connectivity index (χ0n) is 6.97. The Morgan fingerprint density at radius 1 is 1.62 bits per heavy atom. The van der Waals surface area contributed by atoms with Gasteiger partial charge in [-0.05, 0) is 47.2 Å². The van der Waals surface area contributed by atoms with Crippen LogP contribution in [0.15, 0.2) is 12.1 Å². The van der Waals surface area contributed by atoms with Gasteiger partial charge < -0.3 is 5.11 Å². The molecule has 0 bridgehead atoms. The maximum atomic E-state index is 11.1. The second-order valence-electron chi connectivity index (χ2n) is 2.59. The van der Waals surface area contributed by atoms with Crippen molar-refractivity contribution in [3.8, 4) is 5.75 Å². The Bertz CT molecular complexity index is 352. The number of carbonyl (C=O) groups is 1. The Morgan fingerprint density at radius 2 is 2.23 bits per heavy atom. The average Bonchev–Trinajstić information content (AvgIpc) is 2.10. The van der Waals surface area contributed by atoms with Gasteiger partial charge in [-0.3, -0.25) is 10.2 Å². The van der Waals surface area contributed by atoms with Crippen molar-refractivity contribution in [3.05, 3.63) is 26.8 Å². The fourth-order valence-electron chi connectivity index (χ4n) is 0.986. The molecular formula is C8H9IN2O2. The lowest BCUT2D eigenvalue weighted by Gasteiger charge is -2.06. The highest BCUT2D eigenvalue weighted by Gasteiger charge is 2.12. The summed E-state index contributed by atoms with van der Waals surface area (Å²) in [6.07, 6.45) is 0. The van der Waals surface area contributed by atoms with E-state index in [2.05, 4.69) is 22.6 Å². The number of phenols is 1. The molecule has 0 heterocycles. The second-order valence-corrected chi connectivity index (χ2v) is 3.84. The van der Waals surface area contributed by atoms with E-state index in [-0.39, 0.29) is 11.3 Å². The van der Waals surface area contributed by atoms with Gasteiger partial charge in [0.25, 0.3) is 5.91 Å². The van der Waals surface area contributed by atoms with Gasteiger partial charge in [0.05, 0.1) is 5.56 Å². The number of nitrogens with two attached hydrogens (primary N) is 1. The predicted octanol–water partition coefficient (Wildman–Crippen LogP) is 0.909. The van der Waals surface area contributed by atoms with Gasteiger partial charge in [0.15, 0.2) is 0 Å². The molecule has 5 heteroatoms. The van der Waals surface area contributed by atoms with Crippen LogP contribution in [-0.4, -0.2) is 11.0 Å². The standard InChI is InChI=1S/C8H9IN2O2/c1-4-2-5(9)3-6(7(4)12)8(13)11-10/h2-3,12H,10H2,1H3,(H,11,13)/i9-2. The van der Waals surface area contributed by atoms with Crippen molar-refractivity contribution < 1.29 is 9.90 Å². The number of halogens is 1. The van der Waals surface area contributed by atoms with Crippen molar-refractivity contribution in [2.45, 2.75) is 6.92 Å². The van der Waals surface area contributed by atoms with Gasteiger partial charge in [-0.2, -0.15) is 0 Å². The molecule has 0 saturated heterocycles. The SMILES string of the molecule is Cc1cc([125I])cc(C(=O)NN)c1O. The van der Waals surface area contributed by atoms with Crippen LogP contribution in [0.3, 0.4) is 0 Å². The second kappa shape index (κ2) is 3.93. The molecule has 1 amide bonds. The number of rotatable bonds is 1. The van der Waals surface area contributed by atoms with Gasteiger partial charge in [-0.15, -0.1) is 0 Å². The van der Waals surface area contributed by atoms with E-state index < -0.39 is 5.91 Å². The van der Waals surface area contributed by atoms with E-state index in [1.54, 1.807) is 19.1 Å². The Hall–Kier alpha value is -0.820. The van der Waals surface area contributed by atoms with Crippen LogP contribution in [-0.2, 0) is 0 Å². The lowest BCUT2D eigenvalue weighted by Crippen LogP contribution is -2.30. The third-order valence-electron chi connectivity index (χ3n) is 1.64. The number of hydrazine groups is 1. The molecule has 0 unspecified atom stereocenters. The summed E-state index contributed by atoms with van der Waals surface area (Å²) in [4.78, 5) is 11.1. The minimum atomic E-state index is -0.487. The highest BCUT2D eigenvalue weighted by Crippen LogP contribution is 2.24. The molecule has 0 aliphatic carbocycles. The van der Waals surface area contributed by atoms with Gasteiger partial charge in [-0.25, -0.2) is 5.84 Å². The zero-order valence-corrected chi connectivity index (χ0v) is 9.12. The number of aromatic hydroxyl groups is 1. The fraction of sp³-hybridized carbons (Fsp3) is 0.125. The third-order valence-corrected chi connectivity index (χ3v) is 2.26. The number of aryl methyl sites for hydroxylation is 1. The molecule has 0 spiro atoms. The zero-order chi connectivity index (χ0) is 10.0. The number of carbonyl (C=O) groups excluding carboxylic acids is 1. The maximum Gasteiger partial charge on any atom is 0.268 e. The summed E-state index contributed by atoms with van der Waals surface area (Å²) in [6, 6.07) is 3.36. The maximum absolute atomic E-state index is 11.1. The largest absolute Gasteiger partial charge is 0.507 e. The van der Waals surface area contributed by atoms with E-state index in [9.17, 15) is 9.90 Å². The Balaban J connectivity index is 3.28. The van der Waals surface area contributed by atoms with Crippen LogP contribution in [0.2, 0.25) is 0 Å². The molecule has 13 heavy (non-hydrogen) atoms. The van der Waals surface area contributed by atoms with Crippen LogP contribution in [0.5, 0.6) is 5.75 Å². The van der Waals surface area contributed by atoms with E-state index in [0.717, 1.165) is 3.57 Å². The summed E-state index contributed by atoms with van der Waals surface area (Å²) in [5.41, 5.74) is 2.83. The van der Waals surface area contributed by atoms with Crippen LogP contribution in [0.4, 0.5) is 0 Å². The summed E-state index contributed by atoms with van der Waals surface area (Å²) in [7, 11) is 0. The first-order chi connectivity index (χ1) is 6.06. The summed E-state index contributed by atoms with van der Waals surface area (Å²) >= 11 is 2.07. The highest BCUT2D eigenvalue weighted by molar-refractivity contribution is 14.1. The number of phenolic OH excluding ortho intramolecular Hbond substituents is 1. The van der Waals surface area contributed by atoms with E-state index in [4.69, 9.17) is 5.84 Å². The minimum Gasteiger partial charge on any atom is -0.507 e. The Morgan fingerprint density at radius 3 is 2.77 bits per heavy atom. The van der Waals surface area contributed by atoms with Gasteiger partial charge in [0.1, 0.15) is 5.75 Å². The molecular weight excluding hydrogens is 281 g/mol. The van der Waals surface area contributed by atoms with E-state index in [1.165, 1.54) is 0 Å². The quantitative estimate of drug-likeness (QED) is 0.311. The third kappa shape index (κ3) is 2.10. The van der Waals surface area contributed by atoms with Crippen molar-refractivity contribution in [3.63, 3.8) is 0 Å². The molecule has 0 atom stereocenters. The van der Waals surface area contributed by atoms with Crippen LogP contribution in [0, 0.1) is 10.5 Å². The molecule has 1 rings (SSSR count). The number of hydrogen-bond donors (Lipinski definition) is 3. The molecule has 4 nitrogen and oxygen atoms in total. The molecule has 0 radical (unpaired) electrons. The van der Waals surface area contributed by atoms with Crippen molar-refractivity contribution in [1.82, 2.24) is 5.43 Å². The highest BCUT2D eigenvalue weighted by atomic mass is 125. The first-order valence-electron chi connectivity index (χ1n) is 3.56. The normalized spacial score (nSPS) is 9.77. The predicted molar refractivity (Wildman–Crippen MR) is 57.2 cm³/mol. The fourth-order valence-corrected chi connectivity index (χ4v) is 1.76. The topological polar surface area (TPSA) is 75.4 Å². The van der Waals surface area contributed by atoms with Gasteiger partial charge in [-0.1, -0.05) is 0 Å². The first-order valence-corrected chi connectivity index (χ1v) is 4.64. The summed E-state index contributed by atoms with van der Waals surface area (Å²) < 4.78 is 0.881. The van der Waals surface area contributed by atoms with Crippen LogP contribution in [0.1, 0.15) is 15.9 Å². The number of nitrogens with one attached hydrogen (secondary N) is 1. The molecule has 0 fully saturated rings. The van der Waals surface area contributed by atoms with Crippen molar-refractivity contribution in [2.24, 2.45) is 5.84 Å². The minimum absolute atomic E-state index is 0.0247. The molecule has 4 N–H and O–H groups in total. The van der Waals surface area contributed by atoms with Crippen LogP contribution >= 0.6 is 22.6 Å². The molecule has 1 aromatic rings. The Labute approximate surface area is 89.2 Å². The lowest BCUT2D eigenvalue weighted by molar-refractivity contribution is 0.0951. The smallest absolute Gasteiger partial charge is 0.268 e. The molecule has 1 aromatic carbocycles. The summed E-state index contributed by atoms with van der Waals surface area (Å²) in [6.45, 7) is 1.73. The molecule has 0 aromatic heterocycles. The van der Waals surface area contributed by atoms with E-state index in [0.29, 0.717) is 5.56 Å². The van der Waals surface area contributed by atoms with Crippen LogP contribution < -0.4 is 11.3 Å². The molecule has 70 valence electrons. The van der Waals surface area contributed by atoms with Crippen molar-refractivity contribution in [2.75, 3.05) is 0 Å². The van der Waals surface area contributed by atoms with Crippen LogP contribution in [0.25, 0.3) is 0 Å². The number of hydrogen-bond acceptors (Lipinski definition) is 3. The Kier molecular flexibility index (Phi) is 3.10. The number of amides is 1. The van der Waals surface area contributed by atoms with Gasteiger partial charge in [0.2, 0.25) is 0 Å². The van der Waals surface area contributed by atoms with E-state index >= 15 is 0 Å². The number of benzene rings is 1. The molecule has 0 aliphatic rings. The lowest BCUT2D eigenvalue weighted by atomic mass is 10.1. The monoisotopic (exact) mass is 290 g/mol.